The Hall–Kier alpha value is -7.12. The van der Waals surface area contributed by atoms with E-state index in [1.165, 1.54) is 24.3 Å². The molecule has 0 radical (unpaired) electrons. The lowest BCUT2D eigenvalue weighted by molar-refractivity contribution is -0.402. The van der Waals surface area contributed by atoms with Crippen LogP contribution in [0.25, 0.3) is 0 Å². The molecule has 0 spiro atoms. The van der Waals surface area contributed by atoms with Crippen molar-refractivity contribution in [2.75, 3.05) is 10.6 Å². The van der Waals surface area contributed by atoms with Gasteiger partial charge in [0.25, 0.3) is 11.4 Å². The number of nitrogens with one attached hydrogen (secondary N) is 2. The molecule has 4 rings (SSSR count). The van der Waals surface area contributed by atoms with Crippen LogP contribution in [-0.4, -0.2) is 29.5 Å². The standard InChI is InChI=1S/C25H16N8O12/c34-28(35)18-10-20(30(38)39)24(21(11-18)31(40)41)26-16-5-1-14(2-6-16)9-15-3-7-17(8-4-15)27-25-22(32(42)43)12-19(29(36)37)13-23(25)33(44)45/h1-8,10-13,26-27H,9H2. The molecule has 0 atom stereocenters. The Balaban J connectivity index is 1.54. The summed E-state index contributed by atoms with van der Waals surface area (Å²) in [6.45, 7) is 0. The summed E-state index contributed by atoms with van der Waals surface area (Å²) in [6, 6.07) is 14.8. The molecule has 0 saturated carbocycles. The zero-order valence-corrected chi connectivity index (χ0v) is 22.2. The third-order valence-electron chi connectivity index (χ3n) is 6.23. The molecule has 0 fully saturated rings. The molecule has 0 amide bonds. The van der Waals surface area contributed by atoms with Gasteiger partial charge in [0, 0.05) is 11.4 Å². The van der Waals surface area contributed by atoms with E-state index in [0.29, 0.717) is 30.7 Å². The summed E-state index contributed by atoms with van der Waals surface area (Å²) in [5.41, 5.74) is -4.31. The number of rotatable bonds is 12. The highest BCUT2D eigenvalue weighted by Gasteiger charge is 2.32. The Kier molecular flexibility index (Phi) is 8.49. The van der Waals surface area contributed by atoms with E-state index in [2.05, 4.69) is 10.6 Å². The third-order valence-corrected chi connectivity index (χ3v) is 6.23. The van der Waals surface area contributed by atoms with Crippen molar-refractivity contribution < 1.29 is 29.5 Å². The summed E-state index contributed by atoms with van der Waals surface area (Å²) in [4.78, 5) is 62.3. The van der Waals surface area contributed by atoms with Gasteiger partial charge in [-0.15, -0.1) is 0 Å². The van der Waals surface area contributed by atoms with Gasteiger partial charge in [0.1, 0.15) is 0 Å². The quantitative estimate of drug-likeness (QED) is 0.131. The van der Waals surface area contributed by atoms with Crippen molar-refractivity contribution in [2.45, 2.75) is 6.42 Å². The first-order chi connectivity index (χ1) is 21.2. The fourth-order valence-electron chi connectivity index (χ4n) is 4.17. The minimum absolute atomic E-state index is 0.213. The molecule has 0 aliphatic rings. The SMILES string of the molecule is O=[N+]([O-])c1cc([N+](=O)[O-])c(Nc2ccc(Cc3ccc(Nc4c([N+](=O)[O-])cc([N+](=O)[O-])cc4[N+](=O)[O-])cc3)cc2)c([N+](=O)[O-])c1. The molecule has 0 unspecified atom stereocenters. The van der Waals surface area contributed by atoms with Crippen LogP contribution in [0.15, 0.2) is 72.8 Å². The first-order valence-electron chi connectivity index (χ1n) is 12.2. The number of benzene rings is 4. The predicted molar refractivity (Wildman–Crippen MR) is 155 cm³/mol. The number of nitro groups is 6. The van der Waals surface area contributed by atoms with Crippen molar-refractivity contribution in [1.82, 2.24) is 0 Å². The number of nitro benzene ring substituents is 6. The molecule has 0 aliphatic heterocycles. The molecule has 20 nitrogen and oxygen atoms in total. The fourth-order valence-corrected chi connectivity index (χ4v) is 4.17. The molecule has 0 aliphatic carbocycles. The van der Waals surface area contributed by atoms with Crippen molar-refractivity contribution in [1.29, 1.82) is 0 Å². The van der Waals surface area contributed by atoms with Crippen molar-refractivity contribution in [3.05, 3.63) is 145 Å². The summed E-state index contributed by atoms with van der Waals surface area (Å²) in [7, 11) is 0. The van der Waals surface area contributed by atoms with Crippen LogP contribution in [0.4, 0.5) is 56.9 Å². The van der Waals surface area contributed by atoms with Crippen LogP contribution in [0.1, 0.15) is 11.1 Å². The first kappa shape index (κ1) is 30.8. The molecule has 45 heavy (non-hydrogen) atoms. The Bertz CT molecular complexity index is 1690. The normalized spacial score (nSPS) is 10.5. The highest BCUT2D eigenvalue weighted by molar-refractivity contribution is 5.82. The number of anilines is 4. The minimum atomic E-state index is -0.982. The second kappa shape index (κ2) is 12.4. The zero-order chi connectivity index (χ0) is 33.0. The lowest BCUT2D eigenvalue weighted by Gasteiger charge is -2.10. The average molecular weight is 620 g/mol. The average Bonchev–Trinajstić information content (AvgIpc) is 2.98. The topological polar surface area (TPSA) is 283 Å². The summed E-state index contributed by atoms with van der Waals surface area (Å²) >= 11 is 0. The Labute approximate surface area is 248 Å². The second-order valence-electron chi connectivity index (χ2n) is 9.08. The Morgan fingerprint density at radius 2 is 0.689 bits per heavy atom. The maximum absolute atomic E-state index is 11.5. The van der Waals surface area contributed by atoms with E-state index in [-0.39, 0.29) is 11.4 Å². The summed E-state index contributed by atoms with van der Waals surface area (Å²) in [6.07, 6.45) is 0.330. The number of nitrogens with zero attached hydrogens (tertiary/aromatic N) is 6. The van der Waals surface area contributed by atoms with Gasteiger partial charge in [0.15, 0.2) is 11.4 Å². The second-order valence-corrected chi connectivity index (χ2v) is 9.08. The van der Waals surface area contributed by atoms with Gasteiger partial charge in [0.2, 0.25) is 0 Å². The first-order valence-corrected chi connectivity index (χ1v) is 12.2. The van der Waals surface area contributed by atoms with Gasteiger partial charge in [-0.25, -0.2) is 0 Å². The van der Waals surface area contributed by atoms with Crippen LogP contribution in [0.2, 0.25) is 0 Å². The van der Waals surface area contributed by atoms with Gasteiger partial charge in [0.05, 0.1) is 53.8 Å². The lowest BCUT2D eigenvalue weighted by atomic mass is 10.0. The Morgan fingerprint density at radius 3 is 0.911 bits per heavy atom. The highest BCUT2D eigenvalue weighted by Crippen LogP contribution is 2.41. The molecule has 0 bridgehead atoms. The molecule has 2 N–H and O–H groups in total. The molecular formula is C25H16N8O12. The maximum atomic E-state index is 11.5. The van der Waals surface area contributed by atoms with Crippen LogP contribution in [0, 0.1) is 60.7 Å². The third kappa shape index (κ3) is 6.86. The van der Waals surface area contributed by atoms with Crippen molar-refractivity contribution in [3.63, 3.8) is 0 Å². The molecule has 20 heteroatoms. The molecule has 0 aromatic heterocycles. The van der Waals surface area contributed by atoms with Gasteiger partial charge in [-0.3, -0.25) is 60.7 Å². The van der Waals surface area contributed by atoms with Gasteiger partial charge in [-0.2, -0.15) is 0 Å². The van der Waals surface area contributed by atoms with Crippen molar-refractivity contribution >= 4 is 56.9 Å². The van der Waals surface area contributed by atoms with E-state index < -0.39 is 75.0 Å². The Morgan fingerprint density at radius 1 is 0.422 bits per heavy atom. The monoisotopic (exact) mass is 620 g/mol. The van der Waals surface area contributed by atoms with Crippen LogP contribution in [0.3, 0.4) is 0 Å². The molecular weight excluding hydrogens is 604 g/mol. The molecule has 0 heterocycles. The van der Waals surface area contributed by atoms with E-state index in [9.17, 15) is 60.7 Å². The molecule has 4 aromatic carbocycles. The van der Waals surface area contributed by atoms with Crippen LogP contribution < -0.4 is 10.6 Å². The van der Waals surface area contributed by atoms with Crippen molar-refractivity contribution in [2.24, 2.45) is 0 Å². The van der Waals surface area contributed by atoms with E-state index in [1.54, 1.807) is 24.3 Å². The number of non-ortho nitro benzene ring substituents is 2. The number of hydrogen-bond acceptors (Lipinski definition) is 14. The van der Waals surface area contributed by atoms with Gasteiger partial charge < -0.3 is 10.6 Å². The number of hydrogen-bond donors (Lipinski definition) is 2. The lowest BCUT2D eigenvalue weighted by Crippen LogP contribution is -2.04. The van der Waals surface area contributed by atoms with Crippen LogP contribution in [0.5, 0.6) is 0 Å². The van der Waals surface area contributed by atoms with Crippen LogP contribution >= 0.6 is 0 Å². The molecule has 228 valence electrons. The van der Waals surface area contributed by atoms with E-state index in [1.807, 2.05) is 0 Å². The van der Waals surface area contributed by atoms with Crippen LogP contribution in [-0.2, 0) is 6.42 Å². The van der Waals surface area contributed by atoms with E-state index in [0.717, 1.165) is 11.1 Å². The summed E-state index contributed by atoms with van der Waals surface area (Å²) in [5, 5.41) is 73.4. The fraction of sp³-hybridized carbons (Fsp3) is 0.0400. The highest BCUT2D eigenvalue weighted by atomic mass is 16.6. The zero-order valence-electron chi connectivity index (χ0n) is 22.2. The molecule has 0 saturated heterocycles. The smallest absolute Gasteiger partial charge is 0.306 e. The predicted octanol–water partition coefficient (Wildman–Crippen LogP) is 6.21. The van der Waals surface area contributed by atoms with Gasteiger partial charge in [-0.1, -0.05) is 24.3 Å². The maximum Gasteiger partial charge on any atom is 0.306 e. The molecule has 4 aromatic rings. The van der Waals surface area contributed by atoms with E-state index >= 15 is 0 Å². The summed E-state index contributed by atoms with van der Waals surface area (Å²) < 4.78 is 0. The van der Waals surface area contributed by atoms with E-state index in [4.69, 9.17) is 0 Å². The minimum Gasteiger partial charge on any atom is -0.344 e. The van der Waals surface area contributed by atoms with Crippen molar-refractivity contribution in [3.8, 4) is 0 Å². The van der Waals surface area contributed by atoms with Gasteiger partial charge >= 0.3 is 22.7 Å². The largest absolute Gasteiger partial charge is 0.344 e. The summed E-state index contributed by atoms with van der Waals surface area (Å²) in [5.74, 6) is 0. The van der Waals surface area contributed by atoms with Gasteiger partial charge in [-0.05, 0) is 41.8 Å².